The van der Waals surface area contributed by atoms with Gasteiger partial charge in [-0.2, -0.15) is 0 Å². The van der Waals surface area contributed by atoms with Crippen LogP contribution in [0.25, 0.3) is 11.3 Å². The van der Waals surface area contributed by atoms with Gasteiger partial charge in [-0.1, -0.05) is 78.7 Å². The van der Waals surface area contributed by atoms with Crippen LogP contribution in [-0.2, 0) is 36.0 Å². The maximum atomic E-state index is 17.4. The lowest BCUT2D eigenvalue weighted by Gasteiger charge is -2.57. The van der Waals surface area contributed by atoms with Gasteiger partial charge in [0.2, 0.25) is 0 Å². The Morgan fingerprint density at radius 1 is 0.841 bits per heavy atom. The number of halogens is 2. The maximum Gasteiger partial charge on any atom is 0.296 e. The summed E-state index contributed by atoms with van der Waals surface area (Å²) in [6, 6.07) is 33.7. The Kier molecular flexibility index (Phi) is 13.6. The fourth-order valence-electron chi connectivity index (χ4n) is 14.4. The molecule has 5 aromatic rings. The van der Waals surface area contributed by atoms with Gasteiger partial charge in [0.15, 0.2) is 5.78 Å². The van der Waals surface area contributed by atoms with Gasteiger partial charge in [0.1, 0.15) is 11.5 Å². The summed E-state index contributed by atoms with van der Waals surface area (Å²) in [6.45, 7) is 8.93. The van der Waals surface area contributed by atoms with Gasteiger partial charge in [-0.05, 0) is 126 Å². The Morgan fingerprint density at radius 2 is 1.57 bits per heavy atom. The summed E-state index contributed by atoms with van der Waals surface area (Å²) in [5, 5.41) is 9.79. The SMILES string of the molecule is CCC12C(=O)C34C5C[C@H](Cc6ccc(Cl)cc6)N(C)C3[C@@H](COC)NC4[C@H](C)N(Cc3ccc(Cl)cc3Oc3ccc(-c4cnc(OC)n4C)cc3)C1C[C@@H](Cc1ccccc1)C2N(C)[C@@H](C)CN5. The van der Waals surface area contributed by atoms with Gasteiger partial charge in [0, 0.05) is 103 Å². The zero-order valence-corrected chi connectivity index (χ0v) is 42.9. The second-order valence-corrected chi connectivity index (χ2v) is 21.7. The zero-order chi connectivity index (χ0) is 48.4. The molecule has 4 saturated heterocycles. The molecule has 1 saturated carbocycles. The summed E-state index contributed by atoms with van der Waals surface area (Å²) in [5.41, 5.74) is 4.04. The average Bonchev–Trinajstić information content (AvgIpc) is 4.01. The van der Waals surface area contributed by atoms with Crippen LogP contribution in [0.1, 0.15) is 56.7 Å². The van der Waals surface area contributed by atoms with E-state index in [2.05, 4.69) is 114 Å². The van der Waals surface area contributed by atoms with E-state index in [1.807, 2.05) is 66.3 Å². The molecule has 7 unspecified atom stereocenters. The molecular formula is C56H69Cl2N7O4. The number of likely N-dealkylation sites (N-methyl/N-ethyl adjacent to an activating group) is 2. The minimum absolute atomic E-state index is 0.00310. The van der Waals surface area contributed by atoms with E-state index < -0.39 is 10.8 Å². The van der Waals surface area contributed by atoms with Crippen LogP contribution in [0.15, 0.2) is 103 Å². The lowest BCUT2D eigenvalue weighted by atomic mass is 9.54. The normalized spacial score (nSPS) is 32.5. The number of carbonyl (C=O) groups is 1. The molecule has 5 aliphatic rings. The van der Waals surface area contributed by atoms with Crippen molar-refractivity contribution in [1.29, 1.82) is 0 Å². The number of benzene rings is 4. The van der Waals surface area contributed by atoms with E-state index in [1.54, 1.807) is 14.2 Å². The standard InChI is InChI=1S/C56H69Cl2N7O4/c1-9-55-49-27-40(25-36-13-11-10-12-14-36)51(55)62(4)34(2)30-59-48-29-43(26-37-15-20-41(57)21-16-37)63(5)52-45(33-67-7)61-50(56(48,52)53(55)66)35(3)65(49)32-39-17-22-42(58)28-47(39)69-44-23-18-38(19-24-44)46-31-60-54(68-8)64(46)6/h10-24,28,31,34-35,40,43,45,48-52,59,61H,9,25-27,29-30,32-33H2,1-8H3/t34-,35-,40+,43-,45+,48?,49?,50?,51?,52?,55?,56?/m0/s1. The van der Waals surface area contributed by atoms with E-state index in [1.165, 1.54) is 11.1 Å². The number of nitrogens with zero attached hydrogens (tertiary/aromatic N) is 5. The minimum Gasteiger partial charge on any atom is -0.468 e. The van der Waals surface area contributed by atoms with E-state index in [0.29, 0.717) is 41.5 Å². The fraction of sp³-hybridized carbons (Fsp3) is 0.500. The number of piperidine rings is 1. The molecule has 13 heteroatoms. The zero-order valence-electron chi connectivity index (χ0n) is 41.4. The van der Waals surface area contributed by atoms with E-state index in [-0.39, 0.29) is 60.3 Å². The predicted octanol–water partition coefficient (Wildman–Crippen LogP) is 8.94. The van der Waals surface area contributed by atoms with Crippen molar-refractivity contribution in [3.63, 3.8) is 0 Å². The lowest BCUT2D eigenvalue weighted by molar-refractivity contribution is -0.154. The smallest absolute Gasteiger partial charge is 0.296 e. The quantitative estimate of drug-likeness (QED) is 0.119. The second kappa shape index (κ2) is 19.4. The molecule has 1 aliphatic carbocycles. The third-order valence-corrected chi connectivity index (χ3v) is 18.0. The number of rotatable bonds is 13. The van der Waals surface area contributed by atoms with E-state index in [9.17, 15) is 0 Å². The van der Waals surface area contributed by atoms with Crippen LogP contribution in [-0.4, -0.2) is 126 Å². The van der Waals surface area contributed by atoms with Crippen LogP contribution in [0.4, 0.5) is 0 Å². The number of ketones is 1. The highest BCUT2D eigenvalue weighted by atomic mass is 35.5. The van der Waals surface area contributed by atoms with Crippen LogP contribution in [0, 0.1) is 16.7 Å². The Morgan fingerprint density at radius 3 is 2.26 bits per heavy atom. The highest BCUT2D eigenvalue weighted by molar-refractivity contribution is 6.31. The van der Waals surface area contributed by atoms with Gasteiger partial charge in [-0.15, -0.1) is 0 Å². The van der Waals surface area contributed by atoms with Crippen molar-refractivity contribution in [2.45, 2.75) is 114 Å². The number of hydrogen-bond donors (Lipinski definition) is 2. The summed E-state index contributed by atoms with van der Waals surface area (Å²) in [4.78, 5) is 29.8. The summed E-state index contributed by atoms with van der Waals surface area (Å²) in [6.07, 6.45) is 6.04. The lowest BCUT2D eigenvalue weighted by Crippen LogP contribution is -2.73. The molecule has 12 atom stereocenters. The van der Waals surface area contributed by atoms with Crippen LogP contribution in [0.5, 0.6) is 17.5 Å². The summed E-state index contributed by atoms with van der Waals surface area (Å²) >= 11 is 13.3. The Bertz CT molecular complexity index is 2620. The molecule has 5 fully saturated rings. The molecule has 10 rings (SSSR count). The van der Waals surface area contributed by atoms with Gasteiger partial charge in [-0.25, -0.2) is 4.98 Å². The van der Waals surface area contributed by atoms with Crippen molar-refractivity contribution in [3.05, 3.63) is 130 Å². The Balaban J connectivity index is 1.10. The molecule has 4 aliphatic heterocycles. The minimum atomic E-state index is -0.777. The molecule has 2 N–H and O–H groups in total. The number of carbonyl (C=O) groups excluding carboxylic acids is 1. The predicted molar refractivity (Wildman–Crippen MR) is 274 cm³/mol. The molecule has 0 amide bonds. The molecule has 1 aromatic heterocycles. The Labute approximate surface area is 418 Å². The van der Waals surface area contributed by atoms with Crippen molar-refractivity contribution in [1.82, 2.24) is 34.9 Å². The average molecular weight is 975 g/mol. The molecular weight excluding hydrogens is 906 g/mol. The first kappa shape index (κ1) is 48.3. The van der Waals surface area contributed by atoms with E-state index >= 15 is 4.79 Å². The molecule has 69 heavy (non-hydrogen) atoms. The molecule has 366 valence electrons. The highest BCUT2D eigenvalue weighted by Gasteiger charge is 2.77. The number of Topliss-reactive ketones (excluding diaryl/α,β-unsaturated/α-hetero) is 1. The monoisotopic (exact) mass is 973 g/mol. The van der Waals surface area contributed by atoms with E-state index in [0.717, 1.165) is 60.5 Å². The van der Waals surface area contributed by atoms with E-state index in [4.69, 9.17) is 37.4 Å². The first-order valence-electron chi connectivity index (χ1n) is 25.0. The number of nitrogens with one attached hydrogen (secondary N) is 2. The maximum absolute atomic E-state index is 17.4. The molecule has 0 radical (unpaired) electrons. The van der Waals surface area contributed by atoms with Crippen molar-refractivity contribution in [2.24, 2.45) is 23.8 Å². The summed E-state index contributed by atoms with van der Waals surface area (Å²) in [5.74, 6) is 2.06. The van der Waals surface area contributed by atoms with Gasteiger partial charge in [-0.3, -0.25) is 24.1 Å². The second-order valence-electron chi connectivity index (χ2n) is 20.8. The molecule has 2 bridgehead atoms. The molecule has 11 nitrogen and oxygen atoms in total. The third-order valence-electron chi connectivity index (χ3n) is 17.5. The number of imidazole rings is 1. The topological polar surface area (TPSA) is 96.4 Å². The van der Waals surface area contributed by atoms with Crippen molar-refractivity contribution < 1.29 is 19.0 Å². The van der Waals surface area contributed by atoms with Crippen LogP contribution in [0.3, 0.4) is 0 Å². The van der Waals surface area contributed by atoms with Gasteiger partial charge < -0.3 is 24.8 Å². The van der Waals surface area contributed by atoms with Gasteiger partial charge >= 0.3 is 0 Å². The Hall–Kier alpha value is -4.30. The number of ether oxygens (including phenoxy) is 3. The van der Waals surface area contributed by atoms with Crippen LogP contribution < -0.4 is 20.1 Å². The molecule has 5 heterocycles. The third kappa shape index (κ3) is 8.13. The number of hydrogen-bond acceptors (Lipinski definition) is 10. The van der Waals surface area contributed by atoms with Crippen molar-refractivity contribution in [2.75, 3.05) is 41.5 Å². The van der Waals surface area contributed by atoms with Gasteiger partial charge in [0.25, 0.3) is 6.01 Å². The largest absolute Gasteiger partial charge is 0.468 e. The van der Waals surface area contributed by atoms with Crippen molar-refractivity contribution >= 4 is 29.0 Å². The fourth-order valence-corrected chi connectivity index (χ4v) is 14.7. The highest BCUT2D eigenvalue weighted by Crippen LogP contribution is 2.63. The number of aromatic nitrogens is 2. The summed E-state index contributed by atoms with van der Waals surface area (Å²) < 4.78 is 20.4. The van der Waals surface area contributed by atoms with Gasteiger partial charge in [0.05, 0.1) is 36.4 Å². The first-order valence-corrected chi connectivity index (χ1v) is 25.7. The van der Waals surface area contributed by atoms with Crippen molar-refractivity contribution in [3.8, 4) is 28.8 Å². The molecule has 1 spiro atoms. The van der Waals surface area contributed by atoms with Crippen LogP contribution >= 0.6 is 23.2 Å². The number of likely N-dealkylation sites (tertiary alicyclic amines) is 2. The number of methoxy groups -OCH3 is 2. The first-order chi connectivity index (χ1) is 33.3. The summed E-state index contributed by atoms with van der Waals surface area (Å²) in [7, 11) is 9.95. The molecule has 4 aromatic carbocycles. The van der Waals surface area contributed by atoms with Crippen LogP contribution in [0.2, 0.25) is 10.0 Å².